The van der Waals surface area contributed by atoms with Gasteiger partial charge in [0.05, 0.1) is 0 Å². The number of hydrogen-bond donors (Lipinski definition) is 1. The van der Waals surface area contributed by atoms with E-state index in [-0.39, 0.29) is 12.7 Å². The molecule has 0 saturated heterocycles. The van der Waals surface area contributed by atoms with Gasteiger partial charge in [-0.15, -0.1) is 0 Å². The Hall–Kier alpha value is -3.47. The van der Waals surface area contributed by atoms with Gasteiger partial charge in [-0.25, -0.2) is 0 Å². The van der Waals surface area contributed by atoms with Gasteiger partial charge in [0.25, 0.3) is 0 Å². The average Bonchev–Trinajstić information content (AvgIpc) is 3.24. The number of benzene rings is 3. The first-order chi connectivity index (χ1) is 14.3. The maximum absolute atomic E-state index is 12.4. The van der Waals surface area contributed by atoms with E-state index >= 15 is 0 Å². The highest BCUT2D eigenvalue weighted by atomic mass is 16.7. The first kappa shape index (κ1) is 18.9. The molecule has 1 heterocycles. The number of rotatable bonds is 8. The molecule has 1 amide bonds. The van der Waals surface area contributed by atoms with Gasteiger partial charge in [-0.2, -0.15) is 0 Å². The van der Waals surface area contributed by atoms with Gasteiger partial charge in [0.1, 0.15) is 0 Å². The number of nitrogens with one attached hydrogen (secondary N) is 1. The lowest BCUT2D eigenvalue weighted by atomic mass is 10.1. The van der Waals surface area contributed by atoms with Gasteiger partial charge in [-0.05, 0) is 35.4 Å². The first-order valence-corrected chi connectivity index (χ1v) is 9.77. The minimum absolute atomic E-state index is 0.0247. The van der Waals surface area contributed by atoms with E-state index in [1.165, 1.54) is 5.56 Å². The highest BCUT2D eigenvalue weighted by Crippen LogP contribution is 2.32. The Bertz CT molecular complexity index is 945. The summed E-state index contributed by atoms with van der Waals surface area (Å²) in [6.45, 7) is 2.13. The molecular formula is C24H24N2O3. The largest absolute Gasteiger partial charge is 0.454 e. The number of carbonyl (C=O) groups is 1. The number of fused-ring (bicyclic) bond motifs is 1. The Morgan fingerprint density at radius 1 is 0.862 bits per heavy atom. The molecular weight excluding hydrogens is 364 g/mol. The molecule has 0 aromatic heterocycles. The summed E-state index contributed by atoms with van der Waals surface area (Å²) < 4.78 is 10.7. The zero-order chi connectivity index (χ0) is 19.9. The number of hydrogen-bond acceptors (Lipinski definition) is 4. The minimum Gasteiger partial charge on any atom is -0.454 e. The Balaban J connectivity index is 1.33. The SMILES string of the molecule is O=C(CCN(Cc1ccccc1)c1ccccc1)NCc1ccc2c(c1)OCO2. The molecule has 4 rings (SSSR count). The molecule has 0 bridgehead atoms. The van der Waals surface area contributed by atoms with E-state index in [2.05, 4.69) is 34.5 Å². The van der Waals surface area contributed by atoms with E-state index < -0.39 is 0 Å². The number of carbonyl (C=O) groups excluding carboxylic acids is 1. The van der Waals surface area contributed by atoms with Crippen molar-refractivity contribution in [1.29, 1.82) is 0 Å². The van der Waals surface area contributed by atoms with Crippen molar-refractivity contribution >= 4 is 11.6 Å². The summed E-state index contributed by atoms with van der Waals surface area (Å²) in [4.78, 5) is 14.7. The van der Waals surface area contributed by atoms with E-state index in [1.807, 2.05) is 54.6 Å². The van der Waals surface area contributed by atoms with Crippen molar-refractivity contribution in [2.45, 2.75) is 19.5 Å². The van der Waals surface area contributed by atoms with Crippen molar-refractivity contribution in [3.8, 4) is 11.5 Å². The molecule has 0 unspecified atom stereocenters. The Kier molecular flexibility index (Phi) is 5.95. The molecule has 5 nitrogen and oxygen atoms in total. The van der Waals surface area contributed by atoms with Crippen LogP contribution in [0.1, 0.15) is 17.5 Å². The van der Waals surface area contributed by atoms with Gasteiger partial charge in [0.2, 0.25) is 12.7 Å². The molecule has 0 radical (unpaired) electrons. The molecule has 29 heavy (non-hydrogen) atoms. The van der Waals surface area contributed by atoms with Gasteiger partial charge < -0.3 is 19.7 Å². The first-order valence-electron chi connectivity index (χ1n) is 9.77. The predicted molar refractivity (Wildman–Crippen MR) is 113 cm³/mol. The summed E-state index contributed by atoms with van der Waals surface area (Å²) in [7, 11) is 0. The zero-order valence-electron chi connectivity index (χ0n) is 16.2. The number of anilines is 1. The molecule has 1 aliphatic heterocycles. The van der Waals surface area contributed by atoms with Crippen molar-refractivity contribution < 1.29 is 14.3 Å². The van der Waals surface area contributed by atoms with Gasteiger partial charge in [-0.1, -0.05) is 54.6 Å². The molecule has 0 fully saturated rings. The van der Waals surface area contributed by atoms with Crippen molar-refractivity contribution in [2.24, 2.45) is 0 Å². The molecule has 0 saturated carbocycles. The Morgan fingerprint density at radius 3 is 2.38 bits per heavy atom. The predicted octanol–water partition coefficient (Wildman–Crippen LogP) is 4.13. The molecule has 0 spiro atoms. The highest BCUT2D eigenvalue weighted by Gasteiger charge is 2.14. The van der Waals surface area contributed by atoms with Crippen LogP contribution in [0, 0.1) is 0 Å². The smallest absolute Gasteiger partial charge is 0.231 e. The molecule has 3 aromatic carbocycles. The quantitative estimate of drug-likeness (QED) is 0.630. The van der Waals surface area contributed by atoms with Crippen molar-refractivity contribution in [2.75, 3.05) is 18.2 Å². The summed E-state index contributed by atoms with van der Waals surface area (Å²) >= 11 is 0. The van der Waals surface area contributed by atoms with Crippen molar-refractivity contribution in [3.05, 3.63) is 90.0 Å². The zero-order valence-corrected chi connectivity index (χ0v) is 16.2. The molecule has 1 N–H and O–H groups in total. The summed E-state index contributed by atoms with van der Waals surface area (Å²) in [6.07, 6.45) is 0.423. The molecule has 1 aliphatic rings. The van der Waals surface area contributed by atoms with Crippen molar-refractivity contribution in [3.63, 3.8) is 0 Å². The number of amides is 1. The maximum atomic E-state index is 12.4. The fourth-order valence-corrected chi connectivity index (χ4v) is 3.32. The van der Waals surface area contributed by atoms with Crippen LogP contribution in [0.5, 0.6) is 11.5 Å². The second-order valence-corrected chi connectivity index (χ2v) is 6.96. The second-order valence-electron chi connectivity index (χ2n) is 6.96. The third kappa shape index (κ3) is 5.08. The lowest BCUT2D eigenvalue weighted by Crippen LogP contribution is -2.30. The van der Waals surface area contributed by atoms with Crippen LogP contribution in [-0.2, 0) is 17.9 Å². The normalized spacial score (nSPS) is 11.9. The number of nitrogens with zero attached hydrogens (tertiary/aromatic N) is 1. The highest BCUT2D eigenvalue weighted by molar-refractivity contribution is 5.76. The van der Waals surface area contributed by atoms with Gasteiger partial charge in [-0.3, -0.25) is 4.79 Å². The van der Waals surface area contributed by atoms with Crippen LogP contribution < -0.4 is 19.7 Å². The monoisotopic (exact) mass is 388 g/mol. The minimum atomic E-state index is 0.0247. The number of para-hydroxylation sites is 1. The number of ether oxygens (including phenoxy) is 2. The van der Waals surface area contributed by atoms with E-state index in [0.29, 0.717) is 19.5 Å². The third-order valence-corrected chi connectivity index (χ3v) is 4.87. The molecule has 0 atom stereocenters. The van der Waals surface area contributed by atoms with Crippen LogP contribution in [-0.4, -0.2) is 19.2 Å². The van der Waals surface area contributed by atoms with Crippen LogP contribution in [0.3, 0.4) is 0 Å². The Labute approximate surface area is 170 Å². The van der Waals surface area contributed by atoms with E-state index in [4.69, 9.17) is 9.47 Å². The van der Waals surface area contributed by atoms with Gasteiger partial charge >= 0.3 is 0 Å². The van der Waals surface area contributed by atoms with Crippen LogP contribution >= 0.6 is 0 Å². The van der Waals surface area contributed by atoms with Gasteiger partial charge in [0, 0.05) is 31.7 Å². The summed E-state index contributed by atoms with van der Waals surface area (Å²) in [5, 5.41) is 3.00. The summed E-state index contributed by atoms with van der Waals surface area (Å²) in [6, 6.07) is 26.2. The van der Waals surface area contributed by atoms with Crippen molar-refractivity contribution in [1.82, 2.24) is 5.32 Å². The van der Waals surface area contributed by atoms with E-state index in [0.717, 1.165) is 29.3 Å². The third-order valence-electron chi connectivity index (χ3n) is 4.87. The lowest BCUT2D eigenvalue weighted by Gasteiger charge is -2.25. The topological polar surface area (TPSA) is 50.8 Å². The van der Waals surface area contributed by atoms with Crippen LogP contribution in [0.25, 0.3) is 0 Å². The van der Waals surface area contributed by atoms with Crippen LogP contribution in [0.2, 0.25) is 0 Å². The summed E-state index contributed by atoms with van der Waals surface area (Å²) in [5.41, 5.74) is 3.32. The molecule has 5 heteroatoms. The van der Waals surface area contributed by atoms with Crippen LogP contribution in [0.15, 0.2) is 78.9 Å². The van der Waals surface area contributed by atoms with E-state index in [9.17, 15) is 4.79 Å². The van der Waals surface area contributed by atoms with E-state index in [1.54, 1.807) is 0 Å². The standard InChI is InChI=1S/C24H24N2O3/c27-24(25-16-20-11-12-22-23(15-20)29-18-28-22)13-14-26(21-9-5-2-6-10-21)17-19-7-3-1-4-8-19/h1-12,15H,13-14,16-18H2,(H,25,27). The summed E-state index contributed by atoms with van der Waals surface area (Å²) in [5.74, 6) is 1.51. The van der Waals surface area contributed by atoms with Gasteiger partial charge in [0.15, 0.2) is 11.5 Å². The second kappa shape index (κ2) is 9.15. The Morgan fingerprint density at radius 2 is 1.59 bits per heavy atom. The fraction of sp³-hybridized carbons (Fsp3) is 0.208. The average molecular weight is 388 g/mol. The fourth-order valence-electron chi connectivity index (χ4n) is 3.32. The molecule has 3 aromatic rings. The molecule has 0 aliphatic carbocycles. The maximum Gasteiger partial charge on any atom is 0.231 e. The van der Waals surface area contributed by atoms with Crippen LogP contribution in [0.4, 0.5) is 5.69 Å². The molecule has 148 valence electrons. The lowest BCUT2D eigenvalue weighted by molar-refractivity contribution is -0.121.